The number of aliphatic hydroxyl groups excluding tert-OH is 3. The van der Waals surface area contributed by atoms with Crippen LogP contribution in [0.2, 0.25) is 0 Å². The predicted octanol–water partition coefficient (Wildman–Crippen LogP) is 3.31. The van der Waals surface area contributed by atoms with E-state index in [2.05, 4.69) is 6.92 Å². The van der Waals surface area contributed by atoms with E-state index in [9.17, 15) is 15.3 Å². The molecule has 0 aromatic rings. The van der Waals surface area contributed by atoms with Crippen LogP contribution < -0.4 is 0 Å². The Kier molecular flexibility index (Phi) is 23.8. The van der Waals surface area contributed by atoms with Crippen LogP contribution >= 0.6 is 0 Å². The zero-order valence-corrected chi connectivity index (χ0v) is 21.4. The lowest BCUT2D eigenvalue weighted by molar-refractivity contribution is -0.931. The number of rotatable bonds is 21. The zero-order valence-electron chi connectivity index (χ0n) is 20.5. The fourth-order valence-electron chi connectivity index (χ4n) is 4.24. The van der Waals surface area contributed by atoms with Crippen molar-refractivity contribution in [1.82, 2.24) is 0 Å². The second-order valence-corrected chi connectivity index (χ2v) is 9.81. The summed E-state index contributed by atoms with van der Waals surface area (Å²) in [6.07, 6.45) is 18.5. The van der Waals surface area contributed by atoms with Gasteiger partial charge in [0.1, 0.15) is 25.7 Å². The van der Waals surface area contributed by atoms with Crippen LogP contribution in [0.15, 0.2) is 0 Å². The van der Waals surface area contributed by atoms with E-state index in [4.69, 9.17) is 17.5 Å². The molecular formula is C23H50NO7S-. The molecule has 1 unspecified atom stereocenters. The minimum atomic E-state index is -5.17. The van der Waals surface area contributed by atoms with Gasteiger partial charge < -0.3 is 28.9 Å². The molecule has 3 N–H and O–H groups in total. The molecule has 0 aliphatic carbocycles. The summed E-state index contributed by atoms with van der Waals surface area (Å²) in [6, 6.07) is 0. The molecule has 0 aliphatic rings. The Labute approximate surface area is 197 Å². The molecule has 0 radical (unpaired) electrons. The van der Waals surface area contributed by atoms with Gasteiger partial charge in [-0.05, 0) is 19.8 Å². The van der Waals surface area contributed by atoms with E-state index in [1.54, 1.807) is 6.92 Å². The van der Waals surface area contributed by atoms with Crippen molar-refractivity contribution in [3.63, 3.8) is 0 Å². The molecule has 0 aromatic carbocycles. The van der Waals surface area contributed by atoms with Crippen molar-refractivity contribution in [2.45, 2.75) is 110 Å². The summed E-state index contributed by atoms with van der Waals surface area (Å²) in [4.78, 5) is 0. The third kappa shape index (κ3) is 27.7. The number of hydrogen-bond donors (Lipinski definition) is 3. The summed E-state index contributed by atoms with van der Waals surface area (Å²) in [6.45, 7) is 7.14. The van der Waals surface area contributed by atoms with Crippen molar-refractivity contribution in [1.29, 1.82) is 0 Å². The highest BCUT2D eigenvalue weighted by molar-refractivity contribution is 7.79. The predicted molar refractivity (Wildman–Crippen MR) is 126 cm³/mol. The Morgan fingerprint density at radius 1 is 0.688 bits per heavy atom. The molecule has 32 heavy (non-hydrogen) atoms. The highest BCUT2D eigenvalue weighted by atomic mass is 32.3. The fourth-order valence-corrected chi connectivity index (χ4v) is 4.24. The summed E-state index contributed by atoms with van der Waals surface area (Å²) < 4.78 is 34.7. The van der Waals surface area contributed by atoms with Crippen LogP contribution in [0.5, 0.6) is 0 Å². The molecule has 0 aromatic heterocycles. The number of nitrogens with zero attached hydrogens (tertiary/aromatic N) is 1. The molecule has 0 saturated heterocycles. The van der Waals surface area contributed by atoms with Crippen LogP contribution in [0.3, 0.4) is 0 Å². The Balaban J connectivity index is 0. The Morgan fingerprint density at radius 3 is 1.28 bits per heavy atom. The van der Waals surface area contributed by atoms with Crippen LogP contribution in [-0.4, -0.2) is 82.8 Å². The van der Waals surface area contributed by atoms with E-state index in [1.165, 1.54) is 83.5 Å². The normalized spacial score (nSPS) is 13.0. The molecule has 1 atom stereocenters. The van der Waals surface area contributed by atoms with Gasteiger partial charge in [0.05, 0.1) is 19.8 Å². The smallest absolute Gasteiger partial charge is 0.105 e. The zero-order chi connectivity index (χ0) is 24.7. The SMILES string of the molecule is CCCCCCCCCCCCCCCC[N+](CCO)(CCO)CC(C)O.O=S(=O)([O-])[O-]. The molecule has 9 heteroatoms. The van der Waals surface area contributed by atoms with E-state index >= 15 is 0 Å². The van der Waals surface area contributed by atoms with E-state index in [0.29, 0.717) is 24.1 Å². The van der Waals surface area contributed by atoms with Gasteiger partial charge in [0, 0.05) is 10.4 Å². The highest BCUT2D eigenvalue weighted by Crippen LogP contribution is 2.15. The summed E-state index contributed by atoms with van der Waals surface area (Å²) in [5.41, 5.74) is 0. The molecule has 0 saturated carbocycles. The van der Waals surface area contributed by atoms with Gasteiger partial charge in [0.2, 0.25) is 0 Å². The minimum absolute atomic E-state index is 0.116. The lowest BCUT2D eigenvalue weighted by Gasteiger charge is -2.39. The molecule has 0 spiro atoms. The van der Waals surface area contributed by atoms with Gasteiger partial charge in [0.25, 0.3) is 0 Å². The van der Waals surface area contributed by atoms with Gasteiger partial charge in [-0.15, -0.1) is 0 Å². The van der Waals surface area contributed by atoms with Crippen LogP contribution in [0, 0.1) is 0 Å². The molecular weight excluding hydrogens is 434 g/mol. The Hall–Kier alpha value is -0.290. The number of hydrogen-bond acceptors (Lipinski definition) is 7. The lowest BCUT2D eigenvalue weighted by Crippen LogP contribution is -2.55. The molecule has 0 fully saturated rings. The van der Waals surface area contributed by atoms with E-state index < -0.39 is 16.5 Å². The second kappa shape index (κ2) is 22.5. The van der Waals surface area contributed by atoms with Gasteiger partial charge >= 0.3 is 0 Å². The van der Waals surface area contributed by atoms with Crippen molar-refractivity contribution >= 4 is 10.4 Å². The first-order valence-corrected chi connectivity index (χ1v) is 13.8. The molecule has 0 bridgehead atoms. The maximum absolute atomic E-state index is 9.78. The first-order chi connectivity index (χ1) is 15.1. The summed E-state index contributed by atoms with van der Waals surface area (Å²) in [5.74, 6) is 0. The summed E-state index contributed by atoms with van der Waals surface area (Å²) >= 11 is 0. The van der Waals surface area contributed by atoms with Crippen molar-refractivity contribution in [2.24, 2.45) is 0 Å². The average molecular weight is 485 g/mol. The van der Waals surface area contributed by atoms with Gasteiger partial charge in [-0.25, -0.2) is 0 Å². The van der Waals surface area contributed by atoms with Gasteiger partial charge in [-0.1, -0.05) is 84.0 Å². The Morgan fingerprint density at radius 2 is 1.00 bits per heavy atom. The standard InChI is InChI=1S/C23H50NO3.H2O4S/c1-3-4-5-6-7-8-9-10-11-12-13-14-15-16-17-24(18-20-25,19-21-26)22-23(2)27;1-5(2,3)4/h23,25-27H,3-22H2,1-2H3;(H2,1,2,3,4)/q+1;/p-2. The molecule has 0 amide bonds. The highest BCUT2D eigenvalue weighted by Gasteiger charge is 2.27. The topological polar surface area (TPSA) is 141 Å². The van der Waals surface area contributed by atoms with Crippen molar-refractivity contribution in [3.8, 4) is 0 Å². The van der Waals surface area contributed by atoms with Gasteiger partial charge in [-0.2, -0.15) is 0 Å². The summed E-state index contributed by atoms with van der Waals surface area (Å²) in [5, 5.41) is 28.5. The first kappa shape index (κ1) is 33.9. The van der Waals surface area contributed by atoms with Crippen molar-refractivity contribution in [3.05, 3.63) is 0 Å². The maximum Gasteiger partial charge on any atom is 0.105 e. The lowest BCUT2D eigenvalue weighted by atomic mass is 10.0. The van der Waals surface area contributed by atoms with Crippen LogP contribution in [0.25, 0.3) is 0 Å². The Bertz CT molecular complexity index is 473. The van der Waals surface area contributed by atoms with Gasteiger partial charge in [0.15, 0.2) is 0 Å². The molecule has 0 rings (SSSR count). The molecule has 196 valence electrons. The van der Waals surface area contributed by atoms with Crippen molar-refractivity contribution < 1.29 is 37.3 Å². The van der Waals surface area contributed by atoms with E-state index in [1.807, 2.05) is 0 Å². The quantitative estimate of drug-likeness (QED) is 0.0982. The van der Waals surface area contributed by atoms with Crippen LogP contribution in [0.4, 0.5) is 0 Å². The van der Waals surface area contributed by atoms with Crippen LogP contribution in [-0.2, 0) is 10.4 Å². The molecule has 8 nitrogen and oxygen atoms in total. The first-order valence-electron chi connectivity index (χ1n) is 12.5. The van der Waals surface area contributed by atoms with E-state index in [0.717, 1.165) is 13.0 Å². The molecule has 0 heterocycles. The number of quaternary nitrogens is 1. The average Bonchev–Trinajstić information content (AvgIpc) is 2.67. The minimum Gasteiger partial charge on any atom is -0.759 e. The van der Waals surface area contributed by atoms with Gasteiger partial charge in [-0.3, -0.25) is 8.42 Å². The maximum atomic E-state index is 9.78. The monoisotopic (exact) mass is 484 g/mol. The number of aliphatic hydroxyl groups is 3. The van der Waals surface area contributed by atoms with Crippen molar-refractivity contribution in [2.75, 3.05) is 39.4 Å². The molecule has 0 aliphatic heterocycles. The number of unbranched alkanes of at least 4 members (excludes halogenated alkanes) is 13. The fraction of sp³-hybridized carbons (Fsp3) is 1.00. The largest absolute Gasteiger partial charge is 0.759 e. The third-order valence-corrected chi connectivity index (χ3v) is 5.79. The second-order valence-electron chi connectivity index (χ2n) is 9.00. The summed E-state index contributed by atoms with van der Waals surface area (Å²) in [7, 11) is -5.17. The van der Waals surface area contributed by atoms with Crippen LogP contribution in [0.1, 0.15) is 104 Å². The van der Waals surface area contributed by atoms with E-state index in [-0.39, 0.29) is 13.2 Å². The third-order valence-electron chi connectivity index (χ3n) is 5.79.